The summed E-state index contributed by atoms with van der Waals surface area (Å²) in [7, 11) is 0. The van der Waals surface area contributed by atoms with Crippen molar-refractivity contribution < 1.29 is 4.42 Å². The van der Waals surface area contributed by atoms with Crippen molar-refractivity contribution in [1.82, 2.24) is 20.5 Å². The van der Waals surface area contributed by atoms with E-state index >= 15 is 0 Å². The van der Waals surface area contributed by atoms with Gasteiger partial charge in [0.15, 0.2) is 5.96 Å². The van der Waals surface area contributed by atoms with Gasteiger partial charge in [0.25, 0.3) is 0 Å². The van der Waals surface area contributed by atoms with Gasteiger partial charge >= 0.3 is 0 Å². The maximum atomic E-state index is 5.77. The van der Waals surface area contributed by atoms with Crippen LogP contribution >= 0.6 is 24.0 Å². The molecule has 4 heterocycles. The van der Waals surface area contributed by atoms with Crippen molar-refractivity contribution in [3.05, 3.63) is 48.0 Å². The summed E-state index contributed by atoms with van der Waals surface area (Å²) in [5.41, 5.74) is 1.12. The van der Waals surface area contributed by atoms with Crippen molar-refractivity contribution in [2.45, 2.75) is 51.6 Å². The number of likely N-dealkylation sites (tertiary alicyclic amines) is 1. The second kappa shape index (κ2) is 13.0. The van der Waals surface area contributed by atoms with Gasteiger partial charge in [0, 0.05) is 32.4 Å². The van der Waals surface area contributed by atoms with Gasteiger partial charge < -0.3 is 20.0 Å². The number of anilines is 1. The molecule has 2 aliphatic heterocycles. The number of rotatable bonds is 8. The summed E-state index contributed by atoms with van der Waals surface area (Å²) in [6.07, 6.45) is 10.1. The number of pyridine rings is 1. The number of halogens is 1. The average molecular weight is 553 g/mol. The topological polar surface area (TPSA) is 68.9 Å². The van der Waals surface area contributed by atoms with Crippen LogP contribution in [0.1, 0.15) is 56.4 Å². The van der Waals surface area contributed by atoms with Crippen molar-refractivity contribution in [2.75, 3.05) is 44.2 Å². The molecule has 0 saturated carbocycles. The molecule has 7 nitrogen and oxygen atoms in total. The van der Waals surface area contributed by atoms with Crippen LogP contribution in [0.3, 0.4) is 0 Å². The number of hydrogen-bond acceptors (Lipinski definition) is 5. The normalized spacial score (nSPS) is 18.3. The van der Waals surface area contributed by atoms with Crippen LogP contribution in [-0.2, 0) is 6.54 Å². The Labute approximate surface area is 209 Å². The van der Waals surface area contributed by atoms with Gasteiger partial charge in [-0.25, -0.2) is 9.98 Å². The molecule has 2 aromatic rings. The Morgan fingerprint density at radius 3 is 2.50 bits per heavy atom. The van der Waals surface area contributed by atoms with Gasteiger partial charge in [0.2, 0.25) is 0 Å². The summed E-state index contributed by atoms with van der Waals surface area (Å²) in [6.45, 7) is 8.78. The maximum Gasteiger partial charge on any atom is 0.191 e. The zero-order valence-electron chi connectivity index (χ0n) is 19.1. The molecule has 0 aromatic carbocycles. The summed E-state index contributed by atoms with van der Waals surface area (Å²) >= 11 is 0. The fourth-order valence-corrected chi connectivity index (χ4v) is 4.47. The molecule has 0 radical (unpaired) electrons. The molecular weight excluding hydrogens is 515 g/mol. The van der Waals surface area contributed by atoms with E-state index in [1.165, 1.54) is 32.1 Å². The molecule has 1 unspecified atom stereocenters. The number of furan rings is 1. The van der Waals surface area contributed by atoms with Crippen LogP contribution < -0.4 is 15.5 Å². The number of nitrogens with one attached hydrogen (secondary N) is 2. The third kappa shape index (κ3) is 6.84. The fraction of sp³-hybridized carbons (Fsp3) is 0.583. The zero-order chi connectivity index (χ0) is 21.3. The Kier molecular flexibility index (Phi) is 10.1. The Hall–Kier alpha value is -1.81. The van der Waals surface area contributed by atoms with Crippen LogP contribution in [-0.4, -0.2) is 55.1 Å². The number of hydrogen-bond donors (Lipinski definition) is 2. The molecule has 0 amide bonds. The first-order chi connectivity index (χ1) is 15.3. The van der Waals surface area contributed by atoms with Crippen molar-refractivity contribution in [1.29, 1.82) is 0 Å². The molecule has 0 aliphatic carbocycles. The second-order valence-electron chi connectivity index (χ2n) is 8.42. The SMILES string of the molecule is CCNC(=NCc1ccc(N2CCCC2)nc1)NCC(c1ccco1)N1CCCCC1.I. The summed E-state index contributed by atoms with van der Waals surface area (Å²) in [5.74, 6) is 2.93. The van der Waals surface area contributed by atoms with E-state index < -0.39 is 0 Å². The van der Waals surface area contributed by atoms with E-state index in [0.29, 0.717) is 6.54 Å². The lowest BCUT2D eigenvalue weighted by Gasteiger charge is -2.33. The van der Waals surface area contributed by atoms with Gasteiger partial charge in [-0.1, -0.05) is 12.5 Å². The van der Waals surface area contributed by atoms with Gasteiger partial charge in [-0.3, -0.25) is 4.90 Å². The minimum absolute atomic E-state index is 0. The molecule has 0 spiro atoms. The summed E-state index contributed by atoms with van der Waals surface area (Å²) in [6, 6.07) is 8.55. The molecule has 2 saturated heterocycles. The number of aliphatic imine (C=N–C) groups is 1. The van der Waals surface area contributed by atoms with Gasteiger partial charge in [-0.15, -0.1) is 24.0 Å². The van der Waals surface area contributed by atoms with Crippen molar-refractivity contribution in [3.63, 3.8) is 0 Å². The summed E-state index contributed by atoms with van der Waals surface area (Å²) < 4.78 is 5.77. The predicted octanol–water partition coefficient (Wildman–Crippen LogP) is 4.18. The van der Waals surface area contributed by atoms with E-state index in [1.54, 1.807) is 6.26 Å². The lowest BCUT2D eigenvalue weighted by Crippen LogP contribution is -2.44. The predicted molar refractivity (Wildman–Crippen MR) is 141 cm³/mol. The molecule has 176 valence electrons. The highest BCUT2D eigenvalue weighted by Crippen LogP contribution is 2.24. The minimum Gasteiger partial charge on any atom is -0.468 e. The number of piperidine rings is 1. The van der Waals surface area contributed by atoms with Gasteiger partial charge in [0.1, 0.15) is 11.6 Å². The third-order valence-corrected chi connectivity index (χ3v) is 6.17. The smallest absolute Gasteiger partial charge is 0.191 e. The Balaban J connectivity index is 0.00000289. The molecule has 2 aromatic heterocycles. The lowest BCUT2D eigenvalue weighted by molar-refractivity contribution is 0.146. The van der Waals surface area contributed by atoms with Crippen LogP contribution in [0.5, 0.6) is 0 Å². The number of guanidine groups is 1. The first kappa shape index (κ1) is 24.8. The van der Waals surface area contributed by atoms with Crippen LogP contribution in [0, 0.1) is 0 Å². The molecular formula is C24H37IN6O. The van der Waals surface area contributed by atoms with E-state index in [0.717, 1.165) is 62.4 Å². The quantitative estimate of drug-likeness (QED) is 0.291. The van der Waals surface area contributed by atoms with Gasteiger partial charge in [0.05, 0.1) is 18.8 Å². The lowest BCUT2D eigenvalue weighted by atomic mass is 10.1. The minimum atomic E-state index is 0. The highest BCUT2D eigenvalue weighted by molar-refractivity contribution is 14.0. The van der Waals surface area contributed by atoms with Gasteiger partial charge in [-0.2, -0.15) is 0 Å². The monoisotopic (exact) mass is 552 g/mol. The summed E-state index contributed by atoms with van der Waals surface area (Å²) in [5, 5.41) is 6.92. The van der Waals surface area contributed by atoms with Crippen LogP contribution in [0.2, 0.25) is 0 Å². The average Bonchev–Trinajstić information content (AvgIpc) is 3.53. The molecule has 2 aliphatic rings. The van der Waals surface area contributed by atoms with Gasteiger partial charge in [-0.05, 0) is 69.5 Å². The van der Waals surface area contributed by atoms with Crippen LogP contribution in [0.25, 0.3) is 0 Å². The molecule has 8 heteroatoms. The molecule has 1 atom stereocenters. The number of aromatic nitrogens is 1. The third-order valence-electron chi connectivity index (χ3n) is 6.17. The van der Waals surface area contributed by atoms with Crippen molar-refractivity contribution >= 4 is 35.8 Å². The zero-order valence-corrected chi connectivity index (χ0v) is 21.5. The molecule has 4 rings (SSSR count). The van der Waals surface area contributed by atoms with E-state index in [2.05, 4.69) is 50.5 Å². The Bertz CT molecular complexity index is 798. The molecule has 0 bridgehead atoms. The first-order valence-corrected chi connectivity index (χ1v) is 11.8. The van der Waals surface area contributed by atoms with E-state index in [4.69, 9.17) is 9.41 Å². The van der Waals surface area contributed by atoms with Crippen molar-refractivity contribution in [3.8, 4) is 0 Å². The Morgan fingerprint density at radius 2 is 1.84 bits per heavy atom. The second-order valence-corrected chi connectivity index (χ2v) is 8.42. The fourth-order valence-electron chi connectivity index (χ4n) is 4.47. The van der Waals surface area contributed by atoms with Crippen LogP contribution in [0.15, 0.2) is 46.1 Å². The Morgan fingerprint density at radius 1 is 1.06 bits per heavy atom. The number of nitrogens with zero attached hydrogens (tertiary/aromatic N) is 4. The highest BCUT2D eigenvalue weighted by atomic mass is 127. The standard InChI is InChI=1S/C24H36N6O.HI/c1-2-25-24(27-18-20-10-11-23(26-17-20)30-14-6-7-15-30)28-19-21(22-9-8-16-31-22)29-12-4-3-5-13-29;/h8-11,16-17,21H,2-7,12-15,18-19H2,1H3,(H2,25,27,28);1H. The van der Waals surface area contributed by atoms with Crippen molar-refractivity contribution in [2.24, 2.45) is 4.99 Å². The maximum absolute atomic E-state index is 5.77. The first-order valence-electron chi connectivity index (χ1n) is 11.8. The largest absolute Gasteiger partial charge is 0.468 e. The van der Waals surface area contributed by atoms with E-state index in [-0.39, 0.29) is 30.0 Å². The highest BCUT2D eigenvalue weighted by Gasteiger charge is 2.24. The molecule has 2 N–H and O–H groups in total. The molecule has 2 fully saturated rings. The molecule has 32 heavy (non-hydrogen) atoms. The summed E-state index contributed by atoms with van der Waals surface area (Å²) in [4.78, 5) is 14.3. The van der Waals surface area contributed by atoms with E-state index in [1.807, 2.05) is 12.3 Å². The van der Waals surface area contributed by atoms with Crippen LogP contribution in [0.4, 0.5) is 5.82 Å². The van der Waals surface area contributed by atoms with E-state index in [9.17, 15) is 0 Å².